The number of aromatic nitrogens is 1. The largest absolute Gasteiger partial charge is 0.456 e. The molecule has 0 bridgehead atoms. The van der Waals surface area contributed by atoms with E-state index in [-0.39, 0.29) is 12.2 Å². The minimum atomic E-state index is 0.233. The minimum Gasteiger partial charge on any atom is -0.456 e. The Morgan fingerprint density at radius 2 is 1.31 bits per heavy atom. The summed E-state index contributed by atoms with van der Waals surface area (Å²) in [5.41, 5.74) is 13.6. The Kier molecular flexibility index (Phi) is 4.40. The summed E-state index contributed by atoms with van der Waals surface area (Å²) in [6, 6.07) is 46.5. The molecule has 0 saturated carbocycles. The number of rotatable bonds is 2. The summed E-state index contributed by atoms with van der Waals surface area (Å²) in [6.07, 6.45) is 0.233. The van der Waals surface area contributed by atoms with E-state index in [1.54, 1.807) is 0 Å². The normalized spacial score (nSPS) is 17.3. The Balaban J connectivity index is 1.21. The number of para-hydroxylation sites is 2. The van der Waals surface area contributed by atoms with Gasteiger partial charge >= 0.3 is 0 Å². The predicted octanol–water partition coefficient (Wildman–Crippen LogP) is 7.68. The molecule has 2 unspecified atom stereocenters. The van der Waals surface area contributed by atoms with E-state index in [1.165, 1.54) is 71.8 Å². The molecule has 4 nitrogen and oxygen atoms in total. The average molecular weight is 542 g/mol. The molecule has 6 aromatic carbocycles. The first-order valence-electron chi connectivity index (χ1n) is 14.7. The van der Waals surface area contributed by atoms with Gasteiger partial charge in [0.1, 0.15) is 11.2 Å². The first kappa shape index (κ1) is 22.5. The molecular weight excluding hydrogens is 514 g/mol. The van der Waals surface area contributed by atoms with Crippen LogP contribution in [0.4, 0.5) is 11.4 Å². The van der Waals surface area contributed by atoms with Crippen molar-refractivity contribution in [2.45, 2.75) is 12.2 Å². The molecule has 4 heteroatoms. The van der Waals surface area contributed by atoms with Crippen molar-refractivity contribution in [1.29, 1.82) is 0 Å². The molecule has 4 heterocycles. The molecule has 10 rings (SSSR count). The van der Waals surface area contributed by atoms with Crippen LogP contribution in [0.25, 0.3) is 66.0 Å². The van der Waals surface area contributed by atoms with Gasteiger partial charge in [-0.05, 0) is 52.6 Å². The molecular formula is C38H27N3O+2. The summed E-state index contributed by atoms with van der Waals surface area (Å²) < 4.78 is 8.78. The summed E-state index contributed by atoms with van der Waals surface area (Å²) in [5.74, 6) is 0. The van der Waals surface area contributed by atoms with Gasteiger partial charge in [-0.3, -0.25) is 15.2 Å². The lowest BCUT2D eigenvalue weighted by atomic mass is 9.91. The SMILES string of the molecule is c1ccc(-c2ccc3c(c2)[NH2+]C2c4c(-c5ccc6oc7ccccc7c6c5)ccc5c6ccccc6n(c45)C2[NH2+]3)cc1. The Labute approximate surface area is 241 Å². The minimum absolute atomic E-state index is 0.233. The topological polar surface area (TPSA) is 51.3 Å². The van der Waals surface area contributed by atoms with E-state index in [0.717, 1.165) is 11.2 Å². The van der Waals surface area contributed by atoms with Crippen LogP contribution in [0.5, 0.6) is 0 Å². The lowest BCUT2D eigenvalue weighted by Crippen LogP contribution is -2.96. The van der Waals surface area contributed by atoms with Gasteiger partial charge in [-0.15, -0.1) is 0 Å². The number of hydrogen-bond donors (Lipinski definition) is 2. The van der Waals surface area contributed by atoms with Crippen molar-refractivity contribution in [2.24, 2.45) is 0 Å². The fourth-order valence-electron chi connectivity index (χ4n) is 7.66. The van der Waals surface area contributed by atoms with Crippen molar-refractivity contribution < 1.29 is 15.1 Å². The first-order chi connectivity index (χ1) is 20.8. The summed E-state index contributed by atoms with van der Waals surface area (Å²) in [6.45, 7) is 0. The van der Waals surface area contributed by atoms with Gasteiger partial charge < -0.3 is 4.42 Å². The first-order valence-corrected chi connectivity index (χ1v) is 14.7. The molecule has 0 radical (unpaired) electrons. The van der Waals surface area contributed by atoms with Crippen LogP contribution in [0.1, 0.15) is 17.8 Å². The van der Waals surface area contributed by atoms with Gasteiger partial charge in [-0.25, -0.2) is 0 Å². The highest BCUT2D eigenvalue weighted by Gasteiger charge is 2.47. The van der Waals surface area contributed by atoms with E-state index >= 15 is 0 Å². The molecule has 2 atom stereocenters. The number of fused-ring (bicyclic) bond motifs is 10. The van der Waals surface area contributed by atoms with Gasteiger partial charge in [0.05, 0.1) is 16.6 Å². The van der Waals surface area contributed by atoms with Crippen LogP contribution < -0.4 is 10.6 Å². The number of nitrogens with two attached hydrogens (primary N) is 2. The highest BCUT2D eigenvalue weighted by Crippen LogP contribution is 2.48. The summed E-state index contributed by atoms with van der Waals surface area (Å²) in [7, 11) is 0. The van der Waals surface area contributed by atoms with E-state index in [1.807, 2.05) is 6.07 Å². The van der Waals surface area contributed by atoms with Gasteiger partial charge in [0.15, 0.2) is 17.4 Å². The van der Waals surface area contributed by atoms with E-state index in [9.17, 15) is 0 Å². The number of quaternary nitrogens is 2. The number of hydrogen-bond acceptors (Lipinski definition) is 1. The van der Waals surface area contributed by atoms with Gasteiger partial charge in [0.25, 0.3) is 0 Å². The lowest BCUT2D eigenvalue weighted by molar-refractivity contribution is -0.752. The maximum atomic E-state index is 6.18. The monoisotopic (exact) mass is 541 g/mol. The molecule has 4 N–H and O–H groups in total. The zero-order valence-corrected chi connectivity index (χ0v) is 22.8. The van der Waals surface area contributed by atoms with Crippen LogP contribution in [0.3, 0.4) is 0 Å². The smallest absolute Gasteiger partial charge is 0.228 e. The van der Waals surface area contributed by atoms with Crippen molar-refractivity contribution in [2.75, 3.05) is 0 Å². The number of furan rings is 1. The molecule has 198 valence electrons. The highest BCUT2D eigenvalue weighted by atomic mass is 16.3. The van der Waals surface area contributed by atoms with E-state index in [4.69, 9.17) is 4.42 Å². The number of benzene rings is 6. The Hall–Kier alpha value is -5.16. The van der Waals surface area contributed by atoms with Gasteiger partial charge in [-0.1, -0.05) is 84.9 Å². The van der Waals surface area contributed by atoms with Crippen molar-refractivity contribution >= 4 is 55.1 Å². The second-order valence-electron chi connectivity index (χ2n) is 11.7. The fourth-order valence-corrected chi connectivity index (χ4v) is 7.66. The van der Waals surface area contributed by atoms with Crippen molar-refractivity contribution in [3.63, 3.8) is 0 Å². The summed E-state index contributed by atoms with van der Waals surface area (Å²) in [5, 5.41) is 10.0. The van der Waals surface area contributed by atoms with Crippen molar-refractivity contribution in [1.82, 2.24) is 4.57 Å². The highest BCUT2D eigenvalue weighted by molar-refractivity contribution is 6.12. The van der Waals surface area contributed by atoms with Gasteiger partial charge in [0.2, 0.25) is 6.17 Å². The Bertz CT molecular complexity index is 2380. The third kappa shape index (κ3) is 2.97. The zero-order valence-electron chi connectivity index (χ0n) is 22.8. The molecule has 0 saturated heterocycles. The standard InChI is InChI=1S/C38H25N3O/c1-2-8-22(9-3-1)23-14-18-30-31(21-23)39-36-35-25(24-15-19-34-29(20-24)27-11-5-7-13-33(27)42-34)16-17-28-26-10-4-6-12-32(26)41(37(28)35)38(36)40-30/h1-21,36,38-40H/p+2. The van der Waals surface area contributed by atoms with Crippen LogP contribution >= 0.6 is 0 Å². The third-order valence-corrected chi connectivity index (χ3v) is 9.50. The maximum Gasteiger partial charge on any atom is 0.228 e. The van der Waals surface area contributed by atoms with Gasteiger partial charge in [0, 0.05) is 33.7 Å². The lowest BCUT2D eigenvalue weighted by Gasteiger charge is -2.26. The Morgan fingerprint density at radius 3 is 2.24 bits per heavy atom. The zero-order chi connectivity index (χ0) is 27.4. The van der Waals surface area contributed by atoms with E-state index < -0.39 is 0 Å². The molecule has 0 fully saturated rings. The molecule has 2 aromatic heterocycles. The number of nitrogens with zero attached hydrogens (tertiary/aromatic N) is 1. The van der Waals surface area contributed by atoms with Crippen LogP contribution in [0, 0.1) is 0 Å². The van der Waals surface area contributed by atoms with Crippen LogP contribution in [0.2, 0.25) is 0 Å². The van der Waals surface area contributed by atoms with Crippen molar-refractivity contribution in [3.05, 3.63) is 133 Å². The summed E-state index contributed by atoms with van der Waals surface area (Å²) >= 11 is 0. The fraction of sp³-hybridized carbons (Fsp3) is 0.0526. The Morgan fingerprint density at radius 1 is 0.524 bits per heavy atom. The van der Waals surface area contributed by atoms with Crippen LogP contribution in [0.15, 0.2) is 132 Å². The third-order valence-electron chi connectivity index (χ3n) is 9.50. The maximum absolute atomic E-state index is 6.18. The average Bonchev–Trinajstić information content (AvgIpc) is 3.70. The molecule has 0 spiro atoms. The van der Waals surface area contributed by atoms with Gasteiger partial charge in [-0.2, -0.15) is 0 Å². The second-order valence-corrected chi connectivity index (χ2v) is 11.7. The predicted molar refractivity (Wildman–Crippen MR) is 169 cm³/mol. The summed E-state index contributed by atoms with van der Waals surface area (Å²) in [4.78, 5) is 0. The van der Waals surface area contributed by atoms with Crippen LogP contribution in [-0.4, -0.2) is 4.57 Å². The second kappa shape index (κ2) is 8.20. The van der Waals surface area contributed by atoms with Crippen molar-refractivity contribution in [3.8, 4) is 22.3 Å². The molecule has 0 aliphatic carbocycles. The van der Waals surface area contributed by atoms with Crippen LogP contribution in [-0.2, 0) is 0 Å². The molecule has 8 aromatic rings. The molecule has 0 amide bonds. The van der Waals surface area contributed by atoms with E-state index in [0.29, 0.717) is 0 Å². The quantitative estimate of drug-likeness (QED) is 0.217. The molecule has 2 aliphatic heterocycles. The molecule has 2 aliphatic rings. The van der Waals surface area contributed by atoms with E-state index in [2.05, 4.69) is 137 Å². The molecule has 42 heavy (non-hydrogen) atoms.